The lowest BCUT2D eigenvalue weighted by Gasteiger charge is -2.06. The van der Waals surface area contributed by atoms with Crippen molar-refractivity contribution in [2.75, 3.05) is 12.3 Å². The van der Waals surface area contributed by atoms with Gasteiger partial charge in [0, 0.05) is 16.8 Å². The summed E-state index contributed by atoms with van der Waals surface area (Å²) in [6.45, 7) is 0.621. The second-order valence-corrected chi connectivity index (χ2v) is 6.72. The van der Waals surface area contributed by atoms with Gasteiger partial charge >= 0.3 is 0 Å². The predicted molar refractivity (Wildman–Crippen MR) is 93.4 cm³/mol. The standard InChI is InChI=1S/C17H17BrFNOS/c18-15-7-6-14(16(19)10-15)11-22-12-17(21)20-9-8-13-4-2-1-3-5-13/h1-7,10H,8-9,11-12H2,(H,20,21). The predicted octanol–water partition coefficient (Wildman–Crippen LogP) is 4.18. The normalized spacial score (nSPS) is 10.5. The Morgan fingerprint density at radius 1 is 1.18 bits per heavy atom. The summed E-state index contributed by atoms with van der Waals surface area (Å²) in [6.07, 6.45) is 0.818. The van der Waals surface area contributed by atoms with Crippen LogP contribution in [0.5, 0.6) is 0 Å². The van der Waals surface area contributed by atoms with E-state index in [2.05, 4.69) is 21.2 Å². The van der Waals surface area contributed by atoms with Crippen molar-refractivity contribution in [3.63, 3.8) is 0 Å². The van der Waals surface area contributed by atoms with E-state index < -0.39 is 0 Å². The van der Waals surface area contributed by atoms with Crippen molar-refractivity contribution in [2.24, 2.45) is 0 Å². The van der Waals surface area contributed by atoms with Crippen LogP contribution in [0, 0.1) is 5.82 Å². The molecule has 2 rings (SSSR count). The topological polar surface area (TPSA) is 29.1 Å². The molecule has 0 aliphatic rings. The van der Waals surface area contributed by atoms with Gasteiger partial charge in [0.1, 0.15) is 5.82 Å². The third-order valence-electron chi connectivity index (χ3n) is 3.08. The van der Waals surface area contributed by atoms with Gasteiger partial charge in [-0.1, -0.05) is 52.3 Å². The molecular formula is C17H17BrFNOS. The lowest BCUT2D eigenvalue weighted by molar-refractivity contribution is -0.118. The lowest BCUT2D eigenvalue weighted by atomic mass is 10.1. The number of halogens is 2. The van der Waals surface area contributed by atoms with Crippen LogP contribution in [-0.2, 0) is 17.0 Å². The summed E-state index contributed by atoms with van der Waals surface area (Å²) in [5.74, 6) is 0.569. The number of amides is 1. The molecule has 0 unspecified atom stereocenters. The number of thioether (sulfide) groups is 1. The molecule has 0 aliphatic carbocycles. The first-order valence-electron chi connectivity index (χ1n) is 6.97. The maximum atomic E-state index is 13.6. The Kier molecular flexibility index (Phi) is 6.93. The third-order valence-corrected chi connectivity index (χ3v) is 4.56. The molecule has 2 aromatic carbocycles. The van der Waals surface area contributed by atoms with Crippen LogP contribution >= 0.6 is 27.7 Å². The number of carbonyl (C=O) groups excluding carboxylic acids is 1. The van der Waals surface area contributed by atoms with Gasteiger partial charge in [-0.05, 0) is 29.7 Å². The van der Waals surface area contributed by atoms with E-state index in [-0.39, 0.29) is 11.7 Å². The van der Waals surface area contributed by atoms with E-state index in [4.69, 9.17) is 0 Å². The first-order chi connectivity index (χ1) is 10.6. The highest BCUT2D eigenvalue weighted by Crippen LogP contribution is 2.19. The molecular weight excluding hydrogens is 365 g/mol. The van der Waals surface area contributed by atoms with Crippen LogP contribution < -0.4 is 5.32 Å². The molecule has 0 saturated heterocycles. The van der Waals surface area contributed by atoms with Crippen molar-refractivity contribution >= 4 is 33.6 Å². The summed E-state index contributed by atoms with van der Waals surface area (Å²) in [5.41, 5.74) is 1.82. The van der Waals surface area contributed by atoms with Crippen LogP contribution in [0.2, 0.25) is 0 Å². The zero-order valence-electron chi connectivity index (χ0n) is 12.0. The molecule has 1 N–H and O–H groups in total. The fourth-order valence-corrected chi connectivity index (χ4v) is 3.11. The number of rotatable bonds is 7. The minimum atomic E-state index is -0.244. The van der Waals surface area contributed by atoms with Gasteiger partial charge in [-0.3, -0.25) is 4.79 Å². The monoisotopic (exact) mass is 381 g/mol. The van der Waals surface area contributed by atoms with E-state index in [1.54, 1.807) is 12.1 Å². The molecule has 22 heavy (non-hydrogen) atoms. The van der Waals surface area contributed by atoms with Crippen molar-refractivity contribution in [3.8, 4) is 0 Å². The fraction of sp³-hybridized carbons (Fsp3) is 0.235. The SMILES string of the molecule is O=C(CSCc1ccc(Br)cc1F)NCCc1ccccc1. The van der Waals surface area contributed by atoms with Crippen LogP contribution in [-0.4, -0.2) is 18.2 Å². The summed E-state index contributed by atoms with van der Waals surface area (Å²) in [4.78, 5) is 11.7. The molecule has 2 aromatic rings. The van der Waals surface area contributed by atoms with Crippen molar-refractivity contribution in [2.45, 2.75) is 12.2 Å². The lowest BCUT2D eigenvalue weighted by Crippen LogP contribution is -2.27. The van der Waals surface area contributed by atoms with E-state index >= 15 is 0 Å². The summed E-state index contributed by atoms with van der Waals surface area (Å²) < 4.78 is 14.3. The Balaban J connectivity index is 1.65. The Morgan fingerprint density at radius 2 is 1.95 bits per heavy atom. The zero-order valence-corrected chi connectivity index (χ0v) is 14.4. The van der Waals surface area contributed by atoms with Gasteiger partial charge in [0.15, 0.2) is 0 Å². The average Bonchev–Trinajstić information content (AvgIpc) is 2.50. The second-order valence-electron chi connectivity index (χ2n) is 4.81. The number of hydrogen-bond acceptors (Lipinski definition) is 2. The minimum Gasteiger partial charge on any atom is -0.355 e. The second kappa shape index (κ2) is 8.96. The largest absolute Gasteiger partial charge is 0.355 e. The number of benzene rings is 2. The number of carbonyl (C=O) groups is 1. The van der Waals surface area contributed by atoms with E-state index in [0.717, 1.165) is 10.9 Å². The smallest absolute Gasteiger partial charge is 0.230 e. The van der Waals surface area contributed by atoms with E-state index in [1.165, 1.54) is 23.4 Å². The molecule has 0 radical (unpaired) electrons. The third kappa shape index (κ3) is 5.81. The summed E-state index contributed by atoms with van der Waals surface area (Å²) in [7, 11) is 0. The maximum absolute atomic E-state index is 13.6. The van der Waals surface area contributed by atoms with Crippen LogP contribution in [0.15, 0.2) is 53.0 Å². The highest BCUT2D eigenvalue weighted by atomic mass is 79.9. The van der Waals surface area contributed by atoms with E-state index in [9.17, 15) is 9.18 Å². The summed E-state index contributed by atoms with van der Waals surface area (Å²) >= 11 is 4.64. The first kappa shape index (κ1) is 17.0. The maximum Gasteiger partial charge on any atom is 0.230 e. The highest BCUT2D eigenvalue weighted by Gasteiger charge is 2.05. The van der Waals surface area contributed by atoms with Crippen LogP contribution in [0.1, 0.15) is 11.1 Å². The zero-order chi connectivity index (χ0) is 15.8. The quantitative estimate of drug-likeness (QED) is 0.779. The Hall–Kier alpha value is -1.33. The van der Waals surface area contributed by atoms with Crippen molar-refractivity contribution in [3.05, 3.63) is 69.9 Å². The molecule has 5 heteroatoms. The molecule has 0 aromatic heterocycles. The molecule has 2 nitrogen and oxygen atoms in total. The van der Waals surface area contributed by atoms with Gasteiger partial charge in [0.05, 0.1) is 5.75 Å². The van der Waals surface area contributed by atoms with Crippen molar-refractivity contribution in [1.29, 1.82) is 0 Å². The van der Waals surface area contributed by atoms with Crippen molar-refractivity contribution < 1.29 is 9.18 Å². The van der Waals surface area contributed by atoms with Gasteiger partial charge in [0.25, 0.3) is 0 Å². The highest BCUT2D eigenvalue weighted by molar-refractivity contribution is 9.10. The van der Waals surface area contributed by atoms with Gasteiger partial charge in [0.2, 0.25) is 5.91 Å². The molecule has 0 spiro atoms. The van der Waals surface area contributed by atoms with Crippen molar-refractivity contribution in [1.82, 2.24) is 5.32 Å². The van der Waals surface area contributed by atoms with Crippen LogP contribution in [0.4, 0.5) is 4.39 Å². The average molecular weight is 382 g/mol. The fourth-order valence-electron chi connectivity index (χ4n) is 1.93. The molecule has 0 heterocycles. The molecule has 1 amide bonds. The molecule has 0 saturated carbocycles. The van der Waals surface area contributed by atoms with Gasteiger partial charge < -0.3 is 5.32 Å². The minimum absolute atomic E-state index is 0.0153. The summed E-state index contributed by atoms with van der Waals surface area (Å²) in [6, 6.07) is 15.0. The molecule has 0 atom stereocenters. The van der Waals surface area contributed by atoms with Gasteiger partial charge in [-0.25, -0.2) is 4.39 Å². The molecule has 0 fully saturated rings. The van der Waals surface area contributed by atoms with Crippen LogP contribution in [0.25, 0.3) is 0 Å². The molecule has 0 bridgehead atoms. The Morgan fingerprint density at radius 3 is 2.68 bits per heavy atom. The van der Waals surface area contributed by atoms with E-state index in [1.807, 2.05) is 30.3 Å². The Bertz CT molecular complexity index is 621. The van der Waals surface area contributed by atoms with Gasteiger partial charge in [-0.2, -0.15) is 0 Å². The molecule has 0 aliphatic heterocycles. The van der Waals surface area contributed by atoms with Crippen LogP contribution in [0.3, 0.4) is 0 Å². The first-order valence-corrected chi connectivity index (χ1v) is 8.92. The van der Waals surface area contributed by atoms with E-state index in [0.29, 0.717) is 23.6 Å². The summed E-state index contributed by atoms with van der Waals surface area (Å²) in [5, 5.41) is 2.88. The Labute approximate surface area is 142 Å². The number of hydrogen-bond donors (Lipinski definition) is 1. The molecule has 116 valence electrons. The van der Waals surface area contributed by atoms with Gasteiger partial charge in [-0.15, -0.1) is 11.8 Å². The number of nitrogens with one attached hydrogen (secondary N) is 1.